The number of nitrogens with two attached hydrogens (primary N) is 1. The summed E-state index contributed by atoms with van der Waals surface area (Å²) in [7, 11) is 0. The molecule has 6 nitrogen and oxygen atoms in total. The number of amides is 1. The zero-order chi connectivity index (χ0) is 23.8. The Kier molecular flexibility index (Phi) is 9.32. The van der Waals surface area contributed by atoms with Crippen LogP contribution in [0.3, 0.4) is 0 Å². The third-order valence-electron chi connectivity index (χ3n) is 5.29. The number of halogens is 2. The number of aromatic nitrogens is 2. The molecule has 4 rings (SSSR count). The van der Waals surface area contributed by atoms with Crippen molar-refractivity contribution >= 4 is 29.1 Å². The van der Waals surface area contributed by atoms with E-state index in [1.54, 1.807) is 18.2 Å². The van der Waals surface area contributed by atoms with Crippen LogP contribution in [0.1, 0.15) is 49.3 Å². The maximum Gasteiger partial charge on any atom is 0.269 e. The third kappa shape index (κ3) is 6.81. The number of primary amides is 1. The molecule has 1 fully saturated rings. The van der Waals surface area contributed by atoms with Crippen molar-refractivity contribution in [2.24, 2.45) is 5.73 Å². The number of benzene rings is 2. The van der Waals surface area contributed by atoms with E-state index in [0.29, 0.717) is 33.7 Å². The van der Waals surface area contributed by atoms with E-state index >= 15 is 0 Å². The predicted molar refractivity (Wildman–Crippen MR) is 136 cm³/mol. The van der Waals surface area contributed by atoms with Gasteiger partial charge in [-0.1, -0.05) is 55.6 Å². The van der Waals surface area contributed by atoms with Crippen LogP contribution in [-0.2, 0) is 6.54 Å². The number of hydrogen-bond donors (Lipinski definition) is 3. The third-order valence-corrected chi connectivity index (χ3v) is 5.87. The van der Waals surface area contributed by atoms with Gasteiger partial charge >= 0.3 is 0 Å². The van der Waals surface area contributed by atoms with Gasteiger partial charge in [0, 0.05) is 28.9 Å². The second-order valence-electron chi connectivity index (χ2n) is 8.23. The molecule has 0 bridgehead atoms. The van der Waals surface area contributed by atoms with E-state index in [1.165, 1.54) is 32.4 Å². The summed E-state index contributed by atoms with van der Waals surface area (Å²) in [4.78, 5) is 16.6. The number of piperidine rings is 1. The summed E-state index contributed by atoms with van der Waals surface area (Å²) in [6.07, 6.45) is 4.22. The van der Waals surface area contributed by atoms with Crippen LogP contribution >= 0.6 is 23.2 Å². The second kappa shape index (κ2) is 12.2. The van der Waals surface area contributed by atoms with Gasteiger partial charge in [0.2, 0.25) is 0 Å². The Morgan fingerprint density at radius 2 is 1.76 bits per heavy atom. The number of nitrogens with zero attached hydrogens (tertiary/aromatic N) is 2. The van der Waals surface area contributed by atoms with Crippen LogP contribution < -0.4 is 16.4 Å². The zero-order valence-electron chi connectivity index (χ0n) is 19.1. The summed E-state index contributed by atoms with van der Waals surface area (Å²) < 4.78 is 1.90. The molecule has 176 valence electrons. The molecule has 1 aliphatic rings. The summed E-state index contributed by atoms with van der Waals surface area (Å²) >= 11 is 12.5. The molecule has 0 aliphatic carbocycles. The molecule has 4 N–H and O–H groups in total. The summed E-state index contributed by atoms with van der Waals surface area (Å²) in [6.45, 7) is 6.99. The minimum Gasteiger partial charge on any atom is -0.364 e. The van der Waals surface area contributed by atoms with Crippen molar-refractivity contribution in [1.82, 2.24) is 20.2 Å². The first-order valence-corrected chi connectivity index (χ1v) is 12.0. The van der Waals surface area contributed by atoms with E-state index < -0.39 is 5.91 Å². The molecular formula is C25H31Cl2N5O. The van der Waals surface area contributed by atoms with Crippen molar-refractivity contribution in [3.8, 4) is 17.1 Å². The molecule has 1 aromatic heterocycles. The van der Waals surface area contributed by atoms with E-state index in [1.807, 2.05) is 48.7 Å². The largest absolute Gasteiger partial charge is 0.364 e. The van der Waals surface area contributed by atoms with Crippen LogP contribution in [0.5, 0.6) is 0 Å². The molecule has 0 radical (unpaired) electrons. The normalized spacial score (nSPS) is 13.5. The van der Waals surface area contributed by atoms with Crippen molar-refractivity contribution in [3.63, 3.8) is 0 Å². The second-order valence-corrected chi connectivity index (χ2v) is 9.08. The van der Waals surface area contributed by atoms with Gasteiger partial charge in [-0.3, -0.25) is 9.36 Å². The van der Waals surface area contributed by atoms with Crippen LogP contribution in [0.15, 0.2) is 48.5 Å². The molecule has 0 atom stereocenters. The van der Waals surface area contributed by atoms with Crippen LogP contribution in [0.4, 0.5) is 0 Å². The average molecular weight is 488 g/mol. The summed E-state index contributed by atoms with van der Waals surface area (Å²) in [5.74, 6) is -0.0335. The lowest BCUT2D eigenvalue weighted by Gasteiger charge is -2.15. The molecule has 8 heteroatoms. The smallest absolute Gasteiger partial charge is 0.269 e. The van der Waals surface area contributed by atoms with Gasteiger partial charge in [-0.15, -0.1) is 0 Å². The van der Waals surface area contributed by atoms with Crippen LogP contribution in [0, 0.1) is 0 Å². The minimum absolute atomic E-state index is 0.216. The van der Waals surface area contributed by atoms with Crippen LogP contribution in [-0.4, -0.2) is 34.6 Å². The van der Waals surface area contributed by atoms with Crippen molar-refractivity contribution in [2.45, 2.75) is 45.7 Å². The van der Waals surface area contributed by atoms with E-state index in [0.717, 1.165) is 5.69 Å². The van der Waals surface area contributed by atoms with Crippen molar-refractivity contribution in [2.75, 3.05) is 13.1 Å². The molecule has 0 saturated carbocycles. The number of carbonyl (C=O) groups excluding carboxylic acids is 1. The Balaban J connectivity index is 0.000000442. The molecule has 3 aromatic rings. The van der Waals surface area contributed by atoms with Crippen molar-refractivity contribution in [3.05, 3.63) is 70.0 Å². The van der Waals surface area contributed by atoms with Gasteiger partial charge in [0.1, 0.15) is 5.82 Å². The first kappa shape index (κ1) is 25.2. The number of carbonyl (C=O) groups is 1. The fourth-order valence-electron chi connectivity index (χ4n) is 3.61. The molecule has 2 heterocycles. The van der Waals surface area contributed by atoms with Crippen LogP contribution in [0.25, 0.3) is 17.1 Å². The molecule has 0 spiro atoms. The monoisotopic (exact) mass is 487 g/mol. The Morgan fingerprint density at radius 3 is 2.27 bits per heavy atom. The lowest BCUT2D eigenvalue weighted by Crippen LogP contribution is -2.25. The van der Waals surface area contributed by atoms with Gasteiger partial charge in [-0.25, -0.2) is 4.98 Å². The highest BCUT2D eigenvalue weighted by atomic mass is 35.5. The molecule has 0 unspecified atom stereocenters. The number of hydrogen-bond acceptors (Lipinski definition) is 4. The van der Waals surface area contributed by atoms with Gasteiger partial charge in [-0.2, -0.15) is 0 Å². The first-order chi connectivity index (χ1) is 15.9. The number of rotatable bonds is 6. The minimum atomic E-state index is -0.587. The summed E-state index contributed by atoms with van der Waals surface area (Å²) in [6, 6.07) is 14.9. The lowest BCUT2D eigenvalue weighted by atomic mass is 10.2. The fraction of sp³-hybridized carbons (Fsp3) is 0.360. The maximum absolute atomic E-state index is 12.1. The zero-order valence-corrected chi connectivity index (χ0v) is 20.6. The van der Waals surface area contributed by atoms with Crippen molar-refractivity contribution in [1.29, 1.82) is 0 Å². The SMILES string of the molecule is C1CCNCC1.CC(C)NCc1c(C(N)=O)nc(-c2ccccc2Cl)n1-c1ccc(Cl)cc1. The lowest BCUT2D eigenvalue weighted by molar-refractivity contribution is 0.0995. The van der Waals surface area contributed by atoms with E-state index in [4.69, 9.17) is 28.9 Å². The Bertz CT molecular complexity index is 1050. The maximum atomic E-state index is 12.1. The van der Waals surface area contributed by atoms with Gasteiger partial charge in [0.25, 0.3) is 5.91 Å². The van der Waals surface area contributed by atoms with Gasteiger partial charge in [0.15, 0.2) is 5.69 Å². The fourth-order valence-corrected chi connectivity index (χ4v) is 3.95. The first-order valence-electron chi connectivity index (χ1n) is 11.2. The Labute approximate surface area is 205 Å². The quantitative estimate of drug-likeness (QED) is 0.445. The highest BCUT2D eigenvalue weighted by Crippen LogP contribution is 2.32. The van der Waals surface area contributed by atoms with E-state index in [2.05, 4.69) is 15.6 Å². The van der Waals surface area contributed by atoms with Gasteiger partial charge in [0.05, 0.1) is 10.7 Å². The molecule has 1 aliphatic heterocycles. The van der Waals surface area contributed by atoms with Gasteiger partial charge < -0.3 is 16.4 Å². The van der Waals surface area contributed by atoms with E-state index in [9.17, 15) is 4.79 Å². The standard InChI is InChI=1S/C20H20Cl2N4O.C5H11N/c1-12(2)24-11-17-18(19(23)27)25-20(15-5-3-4-6-16(15)22)26(17)14-9-7-13(21)8-10-14;1-2-4-6-5-3-1/h3-10,12,24H,11H2,1-2H3,(H2,23,27);6H,1-5H2. The highest BCUT2D eigenvalue weighted by molar-refractivity contribution is 6.33. The Morgan fingerprint density at radius 1 is 1.09 bits per heavy atom. The van der Waals surface area contributed by atoms with Gasteiger partial charge in [-0.05, 0) is 62.3 Å². The molecule has 2 aromatic carbocycles. The summed E-state index contributed by atoms with van der Waals surface area (Å²) in [5, 5.41) is 7.77. The highest BCUT2D eigenvalue weighted by Gasteiger charge is 2.24. The van der Waals surface area contributed by atoms with E-state index in [-0.39, 0.29) is 11.7 Å². The van der Waals surface area contributed by atoms with Crippen molar-refractivity contribution < 1.29 is 4.79 Å². The number of nitrogens with one attached hydrogen (secondary N) is 2. The predicted octanol–water partition coefficient (Wildman–Crippen LogP) is 5.20. The summed E-state index contributed by atoms with van der Waals surface area (Å²) in [5.41, 5.74) is 8.05. The van der Waals surface area contributed by atoms with Crippen LogP contribution in [0.2, 0.25) is 10.0 Å². The molecular weight excluding hydrogens is 457 g/mol. The Hall–Kier alpha value is -2.38. The molecule has 1 amide bonds. The molecule has 33 heavy (non-hydrogen) atoms. The number of imidazole rings is 1. The average Bonchev–Trinajstić information content (AvgIpc) is 3.19. The topological polar surface area (TPSA) is 85.0 Å². The molecule has 1 saturated heterocycles.